The van der Waals surface area contributed by atoms with Crippen molar-refractivity contribution in [2.45, 2.75) is 6.92 Å². The lowest BCUT2D eigenvalue weighted by Gasteiger charge is -2.07. The van der Waals surface area contributed by atoms with E-state index in [-0.39, 0.29) is 0 Å². The third-order valence-corrected chi connectivity index (χ3v) is 1.69. The molecule has 0 saturated heterocycles. The van der Waals surface area contributed by atoms with Gasteiger partial charge in [-0.3, -0.25) is 4.98 Å². The molecule has 0 N–H and O–H groups in total. The lowest BCUT2D eigenvalue weighted by molar-refractivity contribution is 0.0596. The van der Waals surface area contributed by atoms with Gasteiger partial charge in [-0.1, -0.05) is 0 Å². The van der Waals surface area contributed by atoms with Crippen molar-refractivity contribution in [2.24, 2.45) is 0 Å². The van der Waals surface area contributed by atoms with E-state index in [4.69, 9.17) is 4.74 Å². The molecule has 0 atom stereocenters. The Morgan fingerprint density at radius 3 is 2.69 bits per heavy atom. The smallest absolute Gasteiger partial charge is 0.341 e. The van der Waals surface area contributed by atoms with Crippen LogP contribution in [0.25, 0.3) is 0 Å². The van der Waals surface area contributed by atoms with E-state index in [0.717, 1.165) is 0 Å². The quantitative estimate of drug-likeness (QED) is 0.643. The predicted molar refractivity (Wildman–Crippen MR) is 46.9 cm³/mol. The SMILES string of the molecule is COC(=O)c1ccnc(C)c1OC. The largest absolute Gasteiger partial charge is 0.494 e. The van der Waals surface area contributed by atoms with Gasteiger partial charge in [0.25, 0.3) is 0 Å². The molecule has 70 valence electrons. The van der Waals surface area contributed by atoms with E-state index >= 15 is 0 Å². The number of hydrogen-bond acceptors (Lipinski definition) is 4. The van der Waals surface area contributed by atoms with Crippen LogP contribution in [0.3, 0.4) is 0 Å². The molecule has 0 bridgehead atoms. The Balaban J connectivity index is 3.20. The zero-order valence-electron chi connectivity index (χ0n) is 7.83. The Morgan fingerprint density at radius 2 is 2.15 bits per heavy atom. The van der Waals surface area contributed by atoms with Crippen molar-refractivity contribution in [3.63, 3.8) is 0 Å². The first kappa shape index (κ1) is 9.51. The zero-order valence-corrected chi connectivity index (χ0v) is 7.83. The van der Waals surface area contributed by atoms with Crippen LogP contribution in [0.2, 0.25) is 0 Å². The molecule has 0 fully saturated rings. The minimum atomic E-state index is -0.414. The summed E-state index contributed by atoms with van der Waals surface area (Å²) in [6, 6.07) is 1.57. The van der Waals surface area contributed by atoms with Crippen molar-refractivity contribution < 1.29 is 14.3 Å². The summed E-state index contributed by atoms with van der Waals surface area (Å²) in [5.41, 5.74) is 1.07. The summed E-state index contributed by atoms with van der Waals surface area (Å²) in [6.45, 7) is 1.77. The van der Waals surface area contributed by atoms with E-state index in [1.165, 1.54) is 14.2 Å². The van der Waals surface area contributed by atoms with Crippen LogP contribution in [0.15, 0.2) is 12.3 Å². The van der Waals surface area contributed by atoms with Crippen molar-refractivity contribution >= 4 is 5.97 Å². The number of methoxy groups -OCH3 is 2. The highest BCUT2D eigenvalue weighted by Gasteiger charge is 2.14. The molecule has 1 rings (SSSR count). The van der Waals surface area contributed by atoms with Gasteiger partial charge in [0.15, 0.2) is 5.75 Å². The van der Waals surface area contributed by atoms with Crippen LogP contribution in [0.4, 0.5) is 0 Å². The molecular formula is C9H11NO3. The van der Waals surface area contributed by atoms with Gasteiger partial charge in [-0.05, 0) is 13.0 Å². The Morgan fingerprint density at radius 1 is 1.46 bits per heavy atom. The molecule has 4 heteroatoms. The molecular weight excluding hydrogens is 170 g/mol. The first-order valence-corrected chi connectivity index (χ1v) is 3.78. The van der Waals surface area contributed by atoms with Gasteiger partial charge >= 0.3 is 5.97 Å². The van der Waals surface area contributed by atoms with Crippen molar-refractivity contribution in [3.05, 3.63) is 23.5 Å². The first-order valence-electron chi connectivity index (χ1n) is 3.78. The summed E-state index contributed by atoms with van der Waals surface area (Å²) in [6.07, 6.45) is 1.55. The fourth-order valence-corrected chi connectivity index (χ4v) is 1.08. The van der Waals surface area contributed by atoms with Crippen LogP contribution in [0.5, 0.6) is 5.75 Å². The van der Waals surface area contributed by atoms with Gasteiger partial charge in [-0.15, -0.1) is 0 Å². The van der Waals surface area contributed by atoms with Crippen LogP contribution in [-0.2, 0) is 4.74 Å². The number of aromatic nitrogens is 1. The second-order valence-electron chi connectivity index (χ2n) is 2.47. The molecule has 4 nitrogen and oxygen atoms in total. The second-order valence-corrected chi connectivity index (χ2v) is 2.47. The lowest BCUT2D eigenvalue weighted by atomic mass is 10.2. The van der Waals surface area contributed by atoms with Gasteiger partial charge in [0.2, 0.25) is 0 Å². The van der Waals surface area contributed by atoms with Gasteiger partial charge in [0.05, 0.1) is 19.9 Å². The maximum atomic E-state index is 11.2. The van der Waals surface area contributed by atoms with E-state index in [1.807, 2.05) is 0 Å². The molecule has 0 spiro atoms. The molecule has 0 radical (unpaired) electrons. The van der Waals surface area contributed by atoms with E-state index in [9.17, 15) is 4.79 Å². The summed E-state index contributed by atoms with van der Waals surface area (Å²) in [5, 5.41) is 0. The highest BCUT2D eigenvalue weighted by atomic mass is 16.5. The predicted octanol–water partition coefficient (Wildman–Crippen LogP) is 1.19. The summed E-state index contributed by atoms with van der Waals surface area (Å²) in [7, 11) is 2.83. The summed E-state index contributed by atoms with van der Waals surface area (Å²) in [5.74, 6) is 0.0525. The molecule has 0 aliphatic rings. The molecule has 0 aliphatic carbocycles. The number of nitrogens with zero attached hydrogens (tertiary/aromatic N) is 1. The van der Waals surface area contributed by atoms with E-state index in [2.05, 4.69) is 9.72 Å². The minimum absolute atomic E-state index is 0.400. The summed E-state index contributed by atoms with van der Waals surface area (Å²) < 4.78 is 9.62. The van der Waals surface area contributed by atoms with Crippen LogP contribution in [0.1, 0.15) is 16.1 Å². The molecule has 1 aromatic rings. The molecule has 0 unspecified atom stereocenters. The third-order valence-electron chi connectivity index (χ3n) is 1.69. The van der Waals surface area contributed by atoms with Crippen LogP contribution in [0, 0.1) is 6.92 Å². The molecule has 0 aliphatic heterocycles. The standard InChI is InChI=1S/C9H11NO3/c1-6-8(12-2)7(4-5-10-6)9(11)13-3/h4-5H,1-3H3. The molecule has 13 heavy (non-hydrogen) atoms. The number of rotatable bonds is 2. The van der Waals surface area contributed by atoms with Crippen molar-refractivity contribution in [1.29, 1.82) is 0 Å². The first-order chi connectivity index (χ1) is 6.20. The van der Waals surface area contributed by atoms with Crippen LogP contribution >= 0.6 is 0 Å². The number of pyridine rings is 1. The fourth-order valence-electron chi connectivity index (χ4n) is 1.08. The second kappa shape index (κ2) is 3.89. The highest BCUT2D eigenvalue weighted by molar-refractivity contribution is 5.92. The topological polar surface area (TPSA) is 48.4 Å². The average Bonchev–Trinajstić information content (AvgIpc) is 2.16. The Labute approximate surface area is 76.5 Å². The molecule has 0 saturated carbocycles. The molecule has 1 aromatic heterocycles. The van der Waals surface area contributed by atoms with Crippen molar-refractivity contribution in [3.8, 4) is 5.75 Å². The number of esters is 1. The average molecular weight is 181 g/mol. The molecule has 0 aromatic carbocycles. The number of aryl methyl sites for hydroxylation is 1. The Bertz CT molecular complexity index is 323. The molecule has 1 heterocycles. The minimum Gasteiger partial charge on any atom is -0.494 e. The van der Waals surface area contributed by atoms with Crippen molar-refractivity contribution in [2.75, 3.05) is 14.2 Å². The Hall–Kier alpha value is -1.58. The van der Waals surface area contributed by atoms with Gasteiger partial charge in [0, 0.05) is 6.20 Å². The number of ether oxygens (including phenoxy) is 2. The van der Waals surface area contributed by atoms with Gasteiger partial charge < -0.3 is 9.47 Å². The number of carbonyl (C=O) groups is 1. The summed E-state index contributed by atoms with van der Waals surface area (Å²) >= 11 is 0. The fraction of sp³-hybridized carbons (Fsp3) is 0.333. The van der Waals surface area contributed by atoms with Crippen LogP contribution in [-0.4, -0.2) is 25.2 Å². The number of hydrogen-bond donors (Lipinski definition) is 0. The van der Waals surface area contributed by atoms with Crippen LogP contribution < -0.4 is 4.74 Å². The van der Waals surface area contributed by atoms with Gasteiger partial charge in [0.1, 0.15) is 5.56 Å². The normalized spacial score (nSPS) is 9.46. The molecule has 0 amide bonds. The van der Waals surface area contributed by atoms with E-state index in [0.29, 0.717) is 17.0 Å². The maximum Gasteiger partial charge on any atom is 0.341 e. The maximum absolute atomic E-state index is 11.2. The number of carbonyl (C=O) groups excluding carboxylic acids is 1. The summed E-state index contributed by atoms with van der Waals surface area (Å²) in [4.78, 5) is 15.2. The Kier molecular flexibility index (Phi) is 2.84. The van der Waals surface area contributed by atoms with Gasteiger partial charge in [-0.25, -0.2) is 4.79 Å². The monoisotopic (exact) mass is 181 g/mol. The van der Waals surface area contributed by atoms with E-state index < -0.39 is 5.97 Å². The third kappa shape index (κ3) is 1.77. The zero-order chi connectivity index (χ0) is 9.84. The van der Waals surface area contributed by atoms with Gasteiger partial charge in [-0.2, -0.15) is 0 Å². The lowest BCUT2D eigenvalue weighted by Crippen LogP contribution is -2.05. The highest BCUT2D eigenvalue weighted by Crippen LogP contribution is 2.21. The van der Waals surface area contributed by atoms with E-state index in [1.54, 1.807) is 19.2 Å². The van der Waals surface area contributed by atoms with Crippen molar-refractivity contribution in [1.82, 2.24) is 4.98 Å².